The minimum Gasteiger partial charge on any atom is -0.456 e. The third-order valence-corrected chi connectivity index (χ3v) is 10.2. The molecule has 4 nitrogen and oxygen atoms in total. The highest BCUT2D eigenvalue weighted by molar-refractivity contribution is 6.06. The van der Waals surface area contributed by atoms with E-state index in [0.29, 0.717) is 50.4 Å². The molecule has 258 valence electrons. The van der Waals surface area contributed by atoms with Gasteiger partial charge in [-0.15, -0.1) is 0 Å². The highest BCUT2D eigenvalue weighted by atomic mass is 16.3. The van der Waals surface area contributed by atoms with Gasteiger partial charge in [0.05, 0.1) is 16.4 Å². The number of nitrogens with zero attached hydrogens (tertiary/aromatic N) is 3. The van der Waals surface area contributed by atoms with Gasteiger partial charge in [0.25, 0.3) is 0 Å². The summed E-state index contributed by atoms with van der Waals surface area (Å²) in [6.45, 7) is 0. The van der Waals surface area contributed by atoms with Crippen molar-refractivity contribution in [1.82, 2.24) is 15.0 Å². The lowest BCUT2D eigenvalue weighted by Gasteiger charge is -2.28. The van der Waals surface area contributed by atoms with Gasteiger partial charge < -0.3 is 4.42 Å². The van der Waals surface area contributed by atoms with Gasteiger partial charge in [-0.25, -0.2) is 15.0 Å². The Morgan fingerprint density at radius 2 is 1.18 bits per heavy atom. The van der Waals surface area contributed by atoms with Crippen LogP contribution in [0.25, 0.3) is 88.8 Å². The molecular formula is C51H33N3O. The van der Waals surface area contributed by atoms with E-state index in [1.54, 1.807) is 12.1 Å². The molecule has 0 N–H and O–H groups in total. The highest BCUT2D eigenvalue weighted by Gasteiger charge is 2.25. The number of hydrogen-bond donors (Lipinski definition) is 0. The summed E-state index contributed by atoms with van der Waals surface area (Å²) in [4.78, 5) is 15.1. The lowest BCUT2D eigenvalue weighted by molar-refractivity contribution is 0.669. The molecule has 11 rings (SSSR count). The lowest BCUT2D eigenvalue weighted by Crippen LogP contribution is -2.14. The van der Waals surface area contributed by atoms with E-state index >= 15 is 0 Å². The van der Waals surface area contributed by atoms with Crippen LogP contribution in [0.3, 0.4) is 0 Å². The van der Waals surface area contributed by atoms with Gasteiger partial charge in [-0.1, -0.05) is 151 Å². The Bertz CT molecular complexity index is 3790. The number of fused-ring (bicyclic) bond motifs is 6. The SMILES string of the molecule is [2H]C1=C([2H])C2=C([2H])C([2H])=C([2H])C(c3ccc4cc(-c5nc(-c6cc(-c7c([2H])c([2H])c([2H])c([2H])c7[2H])c7ccccc7c6)nc(-c6ccc7c(c6)oc6ccccc67)n5)ccc4c3)C2C([2H])=C1[2H]. The number of furan rings is 1. The average Bonchev–Trinajstić information content (AvgIpc) is 3.73. The molecule has 0 aliphatic heterocycles. The number of allylic oxidation sites excluding steroid dienone is 8. The predicted octanol–water partition coefficient (Wildman–Crippen LogP) is 13.1. The van der Waals surface area contributed by atoms with Crippen molar-refractivity contribution in [1.29, 1.82) is 0 Å². The molecule has 0 radical (unpaired) electrons. The Morgan fingerprint density at radius 1 is 0.491 bits per heavy atom. The monoisotopic (exact) mass is 715 g/mol. The van der Waals surface area contributed by atoms with E-state index in [4.69, 9.17) is 35.8 Å². The topological polar surface area (TPSA) is 51.8 Å². The van der Waals surface area contributed by atoms with Gasteiger partial charge in [-0.2, -0.15) is 0 Å². The predicted molar refractivity (Wildman–Crippen MR) is 226 cm³/mol. The second kappa shape index (κ2) is 12.8. The third kappa shape index (κ3) is 5.50. The maximum absolute atomic E-state index is 8.94. The summed E-state index contributed by atoms with van der Waals surface area (Å²) >= 11 is 0. The van der Waals surface area contributed by atoms with Gasteiger partial charge in [-0.05, 0) is 80.2 Å². The minimum absolute atomic E-state index is 0.000192. The first-order valence-electron chi connectivity index (χ1n) is 23.8. The van der Waals surface area contributed by atoms with Crippen LogP contribution in [-0.2, 0) is 0 Å². The fourth-order valence-electron chi connectivity index (χ4n) is 7.52. The lowest BCUT2D eigenvalue weighted by atomic mass is 9.76. The summed E-state index contributed by atoms with van der Waals surface area (Å²) in [6.07, 6.45) is 0. The second-order valence-corrected chi connectivity index (χ2v) is 13.5. The van der Waals surface area contributed by atoms with Gasteiger partial charge in [0.15, 0.2) is 17.5 Å². The Kier molecular flexibility index (Phi) is 4.99. The Balaban J connectivity index is 1.08. The summed E-state index contributed by atoms with van der Waals surface area (Å²) in [7, 11) is 0. The van der Waals surface area contributed by atoms with E-state index in [2.05, 4.69) is 0 Å². The highest BCUT2D eigenvalue weighted by Crippen LogP contribution is 2.40. The normalized spacial score (nSPS) is 20.6. The van der Waals surface area contributed by atoms with E-state index in [9.17, 15) is 0 Å². The van der Waals surface area contributed by atoms with Crippen molar-refractivity contribution in [2.24, 2.45) is 5.92 Å². The quantitative estimate of drug-likeness (QED) is 0.178. The Labute approximate surface area is 335 Å². The van der Waals surface area contributed by atoms with E-state index in [1.807, 2.05) is 103 Å². The molecule has 2 heterocycles. The molecule has 2 aliphatic rings. The van der Waals surface area contributed by atoms with E-state index < -0.39 is 48.1 Å². The van der Waals surface area contributed by atoms with Crippen LogP contribution in [0.15, 0.2) is 198 Å². The maximum Gasteiger partial charge on any atom is 0.164 e. The van der Waals surface area contributed by atoms with Crippen molar-refractivity contribution in [2.75, 3.05) is 0 Å². The zero-order chi connectivity index (χ0) is 46.7. The number of hydrogen-bond acceptors (Lipinski definition) is 4. The smallest absolute Gasteiger partial charge is 0.164 e. The second-order valence-electron chi connectivity index (χ2n) is 13.5. The van der Waals surface area contributed by atoms with Gasteiger partial charge in [0.2, 0.25) is 0 Å². The number of rotatable bonds is 5. The molecule has 0 saturated heterocycles. The Morgan fingerprint density at radius 3 is 2.07 bits per heavy atom. The average molecular weight is 716 g/mol. The van der Waals surface area contributed by atoms with Crippen LogP contribution in [-0.4, -0.2) is 15.0 Å². The van der Waals surface area contributed by atoms with E-state index in [1.165, 1.54) is 0 Å². The van der Waals surface area contributed by atoms with Crippen molar-refractivity contribution in [2.45, 2.75) is 5.92 Å². The summed E-state index contributed by atoms with van der Waals surface area (Å²) in [5.74, 6) is -1.09. The van der Waals surface area contributed by atoms with Crippen LogP contribution in [0, 0.1) is 5.92 Å². The molecule has 0 bridgehead atoms. The van der Waals surface area contributed by atoms with Gasteiger partial charge >= 0.3 is 0 Å². The summed E-state index contributed by atoms with van der Waals surface area (Å²) in [6, 6.07) is 31.0. The van der Waals surface area contributed by atoms with Crippen LogP contribution < -0.4 is 0 Å². The van der Waals surface area contributed by atoms with E-state index in [0.717, 1.165) is 32.5 Å². The molecule has 2 atom stereocenters. The number of benzene rings is 7. The molecule has 0 saturated carbocycles. The summed E-state index contributed by atoms with van der Waals surface area (Å²) in [5.41, 5.74) is 4.15. The van der Waals surface area contributed by atoms with Crippen molar-refractivity contribution >= 4 is 43.5 Å². The molecule has 0 spiro atoms. The maximum atomic E-state index is 8.94. The van der Waals surface area contributed by atoms with Crippen LogP contribution >= 0.6 is 0 Å². The molecule has 2 aromatic heterocycles. The standard InChI is InChI=1S/C51H33N3O/c1-2-11-33(12-3-1)46-30-40(29-36-14-5-7-17-43(36)46)51-53-49(52-50(54-51)39-25-26-45-44-18-8-9-20-47(44)55-48(45)31-39)38-24-22-34-27-37(23-21-35(34)28-38)42-19-10-15-32-13-4-6-16-41(32)42/h1-31,41-42H/i1D,2D,3D,4D,6D,10D,11D,12D,13D,15D,16D,19D. The molecule has 2 unspecified atom stereocenters. The minimum atomic E-state index is -1.04. The first kappa shape index (κ1) is 21.5. The molecule has 55 heavy (non-hydrogen) atoms. The number of aromatic nitrogens is 3. The summed E-state index contributed by atoms with van der Waals surface area (Å²) < 4.78 is 109. The van der Waals surface area contributed by atoms with Crippen LogP contribution in [0.1, 0.15) is 27.9 Å². The van der Waals surface area contributed by atoms with Crippen molar-refractivity contribution in [3.8, 4) is 45.3 Å². The Hall–Kier alpha value is -7.17. The van der Waals surface area contributed by atoms with Gasteiger partial charge in [0, 0.05) is 39.3 Å². The molecule has 4 heteroatoms. The zero-order valence-corrected chi connectivity index (χ0v) is 28.9. The van der Waals surface area contributed by atoms with Crippen molar-refractivity contribution in [3.05, 3.63) is 199 Å². The first-order valence-corrected chi connectivity index (χ1v) is 17.8. The van der Waals surface area contributed by atoms with Crippen molar-refractivity contribution < 1.29 is 20.9 Å². The van der Waals surface area contributed by atoms with Crippen molar-refractivity contribution in [3.63, 3.8) is 0 Å². The third-order valence-electron chi connectivity index (χ3n) is 10.2. The fraction of sp³-hybridized carbons (Fsp3) is 0.0392. The molecule has 0 amide bonds. The van der Waals surface area contributed by atoms with Gasteiger partial charge in [-0.3, -0.25) is 0 Å². The first-order chi connectivity index (χ1) is 32.2. The van der Waals surface area contributed by atoms with Crippen LogP contribution in [0.4, 0.5) is 0 Å². The molecule has 7 aromatic carbocycles. The molecule has 9 aromatic rings. The van der Waals surface area contributed by atoms with E-state index in [-0.39, 0.29) is 53.3 Å². The summed E-state index contributed by atoms with van der Waals surface area (Å²) in [5, 5.41) is 4.79. The molecule has 0 fully saturated rings. The molecular weight excluding hydrogens is 671 g/mol. The fourth-order valence-corrected chi connectivity index (χ4v) is 7.52. The van der Waals surface area contributed by atoms with Crippen LogP contribution in [0.2, 0.25) is 0 Å². The largest absolute Gasteiger partial charge is 0.456 e. The van der Waals surface area contributed by atoms with Gasteiger partial charge in [0.1, 0.15) is 11.2 Å². The molecule has 2 aliphatic carbocycles. The van der Waals surface area contributed by atoms with Crippen LogP contribution in [0.5, 0.6) is 0 Å². The zero-order valence-electron chi connectivity index (χ0n) is 40.9. The number of para-hydroxylation sites is 1.